The van der Waals surface area contributed by atoms with Crippen LogP contribution in [0.5, 0.6) is 0 Å². The van der Waals surface area contributed by atoms with Crippen LogP contribution < -0.4 is 0 Å². The van der Waals surface area contributed by atoms with Crippen molar-refractivity contribution < 1.29 is 14.6 Å². The van der Waals surface area contributed by atoms with Crippen molar-refractivity contribution in [2.24, 2.45) is 5.92 Å². The first kappa shape index (κ1) is 18.6. The first-order valence-corrected chi connectivity index (χ1v) is 11.9. The maximum Gasteiger partial charge on any atom is 0.411 e. The normalized spacial score (nSPS) is 20.4. The molecular weight excluding hydrogens is 318 g/mol. The number of benzene rings is 1. The Bertz CT molecular complexity index is 627. The molecule has 0 saturated carbocycles. The Hall–Kier alpha value is -1.77. The molecule has 2 rings (SSSR count). The van der Waals surface area contributed by atoms with E-state index in [0.29, 0.717) is 6.61 Å². The number of aliphatic hydroxyl groups is 1. The van der Waals surface area contributed by atoms with Crippen LogP contribution in [0.3, 0.4) is 0 Å². The number of hydrogen-bond donors (Lipinski definition) is 1. The summed E-state index contributed by atoms with van der Waals surface area (Å²) in [6, 6.07) is 9.01. The number of ether oxygens (including phenoxy) is 1. The van der Waals surface area contributed by atoms with Crippen LogP contribution in [0.4, 0.5) is 4.79 Å². The molecule has 1 N–H and O–H groups in total. The summed E-state index contributed by atoms with van der Waals surface area (Å²) < 4.78 is 5.29. The van der Waals surface area contributed by atoms with E-state index in [2.05, 4.69) is 31.1 Å². The van der Waals surface area contributed by atoms with Crippen molar-refractivity contribution in [1.82, 2.24) is 4.90 Å². The van der Waals surface area contributed by atoms with E-state index in [0.717, 1.165) is 5.56 Å². The summed E-state index contributed by atoms with van der Waals surface area (Å²) in [6.45, 7) is 10.6. The molecule has 130 valence electrons. The highest BCUT2D eigenvalue weighted by atomic mass is 28.3. The number of hydrogen-bond acceptors (Lipinski definition) is 3. The predicted molar refractivity (Wildman–Crippen MR) is 98.1 cm³/mol. The third kappa shape index (κ3) is 4.40. The topological polar surface area (TPSA) is 49.8 Å². The lowest BCUT2D eigenvalue weighted by Crippen LogP contribution is -2.47. The van der Waals surface area contributed by atoms with Crippen LogP contribution >= 0.6 is 0 Å². The van der Waals surface area contributed by atoms with Gasteiger partial charge in [-0.2, -0.15) is 0 Å². The summed E-state index contributed by atoms with van der Waals surface area (Å²) in [5.74, 6) is 3.20. The quantitative estimate of drug-likeness (QED) is 0.672. The average Bonchev–Trinajstić information content (AvgIpc) is 2.89. The zero-order valence-corrected chi connectivity index (χ0v) is 16.1. The van der Waals surface area contributed by atoms with Crippen LogP contribution in [-0.2, 0) is 4.74 Å². The standard InChI is InChI=1S/C19H27NO3Si/c1-14(2)18(21)16(11-12-24(3,4)5)20-17(13-23-19(20)22)15-9-7-6-8-10-15/h6-10,14,16-18,21H,13H2,1-5H3/t16-,17+,18-/m1/s1. The van der Waals surface area contributed by atoms with E-state index < -0.39 is 26.3 Å². The minimum absolute atomic E-state index is 0.00393. The molecule has 1 amide bonds. The van der Waals surface area contributed by atoms with Crippen molar-refractivity contribution in [3.8, 4) is 11.5 Å². The maximum atomic E-state index is 12.4. The molecule has 0 radical (unpaired) electrons. The second-order valence-corrected chi connectivity index (χ2v) is 12.4. The predicted octanol–water partition coefficient (Wildman–Crippen LogP) is 3.45. The van der Waals surface area contributed by atoms with Crippen molar-refractivity contribution in [3.05, 3.63) is 35.9 Å². The molecule has 5 heteroatoms. The molecule has 0 bridgehead atoms. The molecule has 0 unspecified atom stereocenters. The van der Waals surface area contributed by atoms with Gasteiger partial charge >= 0.3 is 6.09 Å². The molecular formula is C19H27NO3Si. The third-order valence-corrected chi connectivity index (χ3v) is 4.89. The SMILES string of the molecule is CC(C)[C@@H](O)[C@@H](C#C[Si](C)(C)C)N1C(=O)OC[C@H]1c1ccccc1. The van der Waals surface area contributed by atoms with E-state index in [9.17, 15) is 9.90 Å². The van der Waals surface area contributed by atoms with Crippen LogP contribution in [0.1, 0.15) is 25.5 Å². The highest BCUT2D eigenvalue weighted by Crippen LogP contribution is 2.31. The fraction of sp³-hybridized carbons (Fsp3) is 0.526. The number of rotatable bonds is 4. The minimum Gasteiger partial charge on any atom is -0.447 e. The summed E-state index contributed by atoms with van der Waals surface area (Å²) in [5.41, 5.74) is 4.31. The highest BCUT2D eigenvalue weighted by molar-refractivity contribution is 6.83. The lowest BCUT2D eigenvalue weighted by molar-refractivity contribution is 0.0518. The lowest BCUT2D eigenvalue weighted by Gasteiger charge is -2.32. The fourth-order valence-corrected chi connectivity index (χ4v) is 3.23. The largest absolute Gasteiger partial charge is 0.447 e. The van der Waals surface area contributed by atoms with E-state index >= 15 is 0 Å². The summed E-state index contributed by atoms with van der Waals surface area (Å²) >= 11 is 0. The Balaban J connectivity index is 2.41. The average molecular weight is 346 g/mol. The molecule has 0 aromatic heterocycles. The van der Waals surface area contributed by atoms with E-state index in [1.807, 2.05) is 44.2 Å². The van der Waals surface area contributed by atoms with E-state index in [4.69, 9.17) is 4.74 Å². The van der Waals surface area contributed by atoms with Crippen molar-refractivity contribution >= 4 is 14.2 Å². The van der Waals surface area contributed by atoms with Crippen LogP contribution in [0.2, 0.25) is 19.6 Å². The molecule has 4 nitrogen and oxygen atoms in total. The van der Waals surface area contributed by atoms with Crippen LogP contribution in [0.25, 0.3) is 0 Å². The Morgan fingerprint density at radius 3 is 2.42 bits per heavy atom. The van der Waals surface area contributed by atoms with Crippen molar-refractivity contribution in [3.63, 3.8) is 0 Å². The summed E-state index contributed by atoms with van der Waals surface area (Å²) in [7, 11) is -1.63. The second-order valence-electron chi connectivity index (χ2n) is 7.61. The van der Waals surface area contributed by atoms with Gasteiger partial charge in [-0.05, 0) is 11.5 Å². The molecule has 3 atom stereocenters. The summed E-state index contributed by atoms with van der Waals surface area (Å²) in [4.78, 5) is 14.0. The number of carbonyl (C=O) groups is 1. The van der Waals surface area contributed by atoms with Gasteiger partial charge in [-0.3, -0.25) is 4.90 Å². The van der Waals surface area contributed by atoms with Crippen LogP contribution in [-0.4, -0.2) is 42.9 Å². The van der Waals surface area contributed by atoms with E-state index in [1.54, 1.807) is 4.90 Å². The van der Waals surface area contributed by atoms with Gasteiger partial charge < -0.3 is 9.84 Å². The summed E-state index contributed by atoms with van der Waals surface area (Å²) in [5, 5.41) is 10.7. The van der Waals surface area contributed by atoms with Crippen molar-refractivity contribution in [2.45, 2.75) is 51.7 Å². The molecule has 1 saturated heterocycles. The Morgan fingerprint density at radius 2 is 1.88 bits per heavy atom. The van der Waals surface area contributed by atoms with Gasteiger partial charge in [-0.25, -0.2) is 4.79 Å². The number of nitrogens with zero attached hydrogens (tertiary/aromatic N) is 1. The van der Waals surface area contributed by atoms with Gasteiger partial charge in [0.1, 0.15) is 20.7 Å². The zero-order valence-electron chi connectivity index (χ0n) is 15.1. The smallest absolute Gasteiger partial charge is 0.411 e. The Morgan fingerprint density at radius 1 is 1.25 bits per heavy atom. The van der Waals surface area contributed by atoms with Crippen molar-refractivity contribution in [1.29, 1.82) is 0 Å². The number of aliphatic hydroxyl groups excluding tert-OH is 1. The Kier molecular flexibility index (Phi) is 5.73. The molecule has 1 aromatic rings. The lowest BCUT2D eigenvalue weighted by atomic mass is 9.96. The number of carbonyl (C=O) groups excluding carboxylic acids is 1. The Labute approximate surface area is 145 Å². The van der Waals surface area contributed by atoms with Gasteiger partial charge in [-0.15, -0.1) is 5.54 Å². The van der Waals surface area contributed by atoms with Gasteiger partial charge in [0.2, 0.25) is 0 Å². The minimum atomic E-state index is -1.63. The molecule has 1 heterocycles. The molecule has 1 fully saturated rings. The first-order valence-electron chi connectivity index (χ1n) is 8.41. The fourth-order valence-electron chi connectivity index (χ4n) is 2.65. The zero-order chi connectivity index (χ0) is 17.9. The first-order chi connectivity index (χ1) is 11.2. The van der Waals surface area contributed by atoms with Crippen molar-refractivity contribution in [2.75, 3.05) is 6.61 Å². The van der Waals surface area contributed by atoms with Gasteiger partial charge in [0.25, 0.3) is 0 Å². The van der Waals surface area contributed by atoms with E-state index in [-0.39, 0.29) is 12.0 Å². The van der Waals surface area contributed by atoms with Crippen LogP contribution in [0.15, 0.2) is 30.3 Å². The van der Waals surface area contributed by atoms with Gasteiger partial charge in [-0.1, -0.05) is 69.7 Å². The van der Waals surface area contributed by atoms with Gasteiger partial charge in [0, 0.05) is 0 Å². The molecule has 1 aliphatic heterocycles. The molecule has 1 aliphatic rings. The van der Waals surface area contributed by atoms with Gasteiger partial charge in [0.05, 0.1) is 12.1 Å². The third-order valence-electron chi connectivity index (χ3n) is 4.00. The van der Waals surface area contributed by atoms with Crippen LogP contribution in [0, 0.1) is 17.4 Å². The summed E-state index contributed by atoms with van der Waals surface area (Å²) in [6.07, 6.45) is -1.12. The molecule has 24 heavy (non-hydrogen) atoms. The van der Waals surface area contributed by atoms with E-state index in [1.165, 1.54) is 0 Å². The molecule has 1 aromatic carbocycles. The monoisotopic (exact) mass is 345 g/mol. The highest BCUT2D eigenvalue weighted by Gasteiger charge is 2.42. The number of cyclic esters (lactones) is 1. The molecule has 0 spiro atoms. The van der Waals surface area contributed by atoms with Gasteiger partial charge in [0.15, 0.2) is 0 Å². The molecule has 0 aliphatic carbocycles. The maximum absolute atomic E-state index is 12.4. The number of amides is 1. The second kappa shape index (κ2) is 7.41.